The number of H-pyrrole nitrogens is 1. The van der Waals surface area contributed by atoms with Crippen molar-refractivity contribution in [2.75, 3.05) is 18.0 Å². The summed E-state index contributed by atoms with van der Waals surface area (Å²) in [7, 11) is 0. The van der Waals surface area contributed by atoms with E-state index >= 15 is 0 Å². The van der Waals surface area contributed by atoms with Crippen LogP contribution >= 0.6 is 0 Å². The largest absolute Gasteiger partial charge is 0.355 e. The molecule has 0 bridgehead atoms. The molecule has 20 heavy (non-hydrogen) atoms. The van der Waals surface area contributed by atoms with Gasteiger partial charge in [-0.1, -0.05) is 12.1 Å². The van der Waals surface area contributed by atoms with Crippen LogP contribution in [-0.2, 0) is 0 Å². The summed E-state index contributed by atoms with van der Waals surface area (Å²) in [6.45, 7) is 3.76. The topological polar surface area (TPSA) is 57.9 Å². The van der Waals surface area contributed by atoms with E-state index in [1.54, 1.807) is 12.1 Å². The highest BCUT2D eigenvalue weighted by Gasteiger charge is 2.22. The van der Waals surface area contributed by atoms with Gasteiger partial charge in [0.05, 0.1) is 0 Å². The average Bonchev–Trinajstić information content (AvgIpc) is 2.81. The Kier molecular flexibility index (Phi) is 3.44. The molecule has 3 rings (SSSR count). The fourth-order valence-corrected chi connectivity index (χ4v) is 2.75. The van der Waals surface area contributed by atoms with Crippen LogP contribution in [0.15, 0.2) is 24.3 Å². The zero-order chi connectivity index (χ0) is 14.1. The third-order valence-electron chi connectivity index (χ3n) is 3.88. The fourth-order valence-electron chi connectivity index (χ4n) is 2.75. The van der Waals surface area contributed by atoms with Crippen molar-refractivity contribution in [1.82, 2.24) is 10.2 Å². The molecule has 1 saturated heterocycles. The molecule has 0 spiro atoms. The smallest absolute Gasteiger partial charge is 0.158 e. The van der Waals surface area contributed by atoms with Gasteiger partial charge >= 0.3 is 0 Å². The standard InChI is InChI=1S/C15H19FN4/c1-10-14(11-3-2-4-12(16)9-11)15(19-18-10)20-7-5-13(17)6-8-20/h2-4,9,13H,5-8,17H2,1H3,(H,18,19). The molecule has 1 fully saturated rings. The number of anilines is 1. The van der Waals surface area contributed by atoms with Crippen molar-refractivity contribution >= 4 is 5.82 Å². The number of aromatic nitrogens is 2. The van der Waals surface area contributed by atoms with E-state index in [0.29, 0.717) is 0 Å². The predicted octanol–water partition coefficient (Wildman–Crippen LogP) is 2.45. The van der Waals surface area contributed by atoms with Gasteiger partial charge in [-0.05, 0) is 37.5 Å². The van der Waals surface area contributed by atoms with Crippen molar-refractivity contribution in [2.24, 2.45) is 5.73 Å². The van der Waals surface area contributed by atoms with E-state index in [1.165, 1.54) is 6.07 Å². The van der Waals surface area contributed by atoms with Crippen LogP contribution in [-0.4, -0.2) is 29.3 Å². The van der Waals surface area contributed by atoms with Gasteiger partial charge in [0.25, 0.3) is 0 Å². The first-order chi connectivity index (χ1) is 9.65. The van der Waals surface area contributed by atoms with Gasteiger partial charge in [0.2, 0.25) is 0 Å². The van der Waals surface area contributed by atoms with Crippen molar-refractivity contribution in [3.05, 3.63) is 35.8 Å². The van der Waals surface area contributed by atoms with Gasteiger partial charge in [-0.15, -0.1) is 0 Å². The number of benzene rings is 1. The quantitative estimate of drug-likeness (QED) is 0.884. The molecular formula is C15H19FN4. The Labute approximate surface area is 117 Å². The Balaban J connectivity index is 1.97. The molecule has 0 atom stereocenters. The summed E-state index contributed by atoms with van der Waals surface area (Å²) in [5, 5.41) is 7.43. The minimum Gasteiger partial charge on any atom is -0.355 e. The highest BCUT2D eigenvalue weighted by Crippen LogP contribution is 2.33. The SMILES string of the molecule is Cc1[nH]nc(N2CCC(N)CC2)c1-c1cccc(F)c1. The summed E-state index contributed by atoms with van der Waals surface area (Å²) >= 11 is 0. The molecule has 106 valence electrons. The normalized spacial score (nSPS) is 16.6. The number of aromatic amines is 1. The van der Waals surface area contributed by atoms with Gasteiger partial charge in [0.1, 0.15) is 5.82 Å². The number of hydrogen-bond acceptors (Lipinski definition) is 3. The minimum atomic E-state index is -0.227. The lowest BCUT2D eigenvalue weighted by molar-refractivity contribution is 0.498. The van der Waals surface area contributed by atoms with Crippen molar-refractivity contribution in [2.45, 2.75) is 25.8 Å². The Bertz CT molecular complexity index is 600. The van der Waals surface area contributed by atoms with E-state index in [4.69, 9.17) is 5.73 Å². The number of hydrogen-bond donors (Lipinski definition) is 2. The lowest BCUT2D eigenvalue weighted by atomic mass is 10.0. The van der Waals surface area contributed by atoms with Crippen molar-refractivity contribution in [1.29, 1.82) is 0 Å². The van der Waals surface area contributed by atoms with Gasteiger partial charge in [0.15, 0.2) is 5.82 Å². The molecule has 0 amide bonds. The molecule has 1 aliphatic heterocycles. The van der Waals surface area contributed by atoms with Crippen LogP contribution in [0.5, 0.6) is 0 Å². The number of nitrogens with two attached hydrogens (primary N) is 1. The summed E-state index contributed by atoms with van der Waals surface area (Å²) in [6.07, 6.45) is 1.93. The molecular weight excluding hydrogens is 255 g/mol. The molecule has 0 radical (unpaired) electrons. The predicted molar refractivity (Wildman–Crippen MR) is 78.1 cm³/mol. The number of aryl methyl sites for hydroxylation is 1. The first kappa shape index (κ1) is 13.1. The number of rotatable bonds is 2. The van der Waals surface area contributed by atoms with Gasteiger partial charge < -0.3 is 10.6 Å². The minimum absolute atomic E-state index is 0.227. The molecule has 1 aromatic carbocycles. The Morgan fingerprint density at radius 2 is 2.10 bits per heavy atom. The summed E-state index contributed by atoms with van der Waals surface area (Å²) < 4.78 is 13.5. The van der Waals surface area contributed by atoms with Gasteiger partial charge in [0, 0.05) is 30.4 Å². The monoisotopic (exact) mass is 274 g/mol. The van der Waals surface area contributed by atoms with Crippen LogP contribution < -0.4 is 10.6 Å². The number of nitrogens with one attached hydrogen (secondary N) is 1. The average molecular weight is 274 g/mol. The summed E-state index contributed by atoms with van der Waals surface area (Å²) in [4.78, 5) is 2.23. The lowest BCUT2D eigenvalue weighted by Crippen LogP contribution is -2.40. The van der Waals surface area contributed by atoms with Gasteiger partial charge in [-0.25, -0.2) is 4.39 Å². The zero-order valence-corrected chi connectivity index (χ0v) is 11.6. The Morgan fingerprint density at radius 1 is 1.35 bits per heavy atom. The number of nitrogens with zero attached hydrogens (tertiary/aromatic N) is 2. The van der Waals surface area contributed by atoms with Crippen LogP contribution in [0.25, 0.3) is 11.1 Å². The van der Waals surface area contributed by atoms with Gasteiger partial charge in [-0.3, -0.25) is 5.10 Å². The fraction of sp³-hybridized carbons (Fsp3) is 0.400. The van der Waals surface area contributed by atoms with E-state index in [1.807, 2.05) is 13.0 Å². The molecule has 4 nitrogen and oxygen atoms in total. The third-order valence-corrected chi connectivity index (χ3v) is 3.88. The number of halogens is 1. The Morgan fingerprint density at radius 3 is 2.80 bits per heavy atom. The molecule has 1 aromatic heterocycles. The third kappa shape index (κ3) is 2.41. The molecule has 0 aliphatic carbocycles. The van der Waals surface area contributed by atoms with Crippen molar-refractivity contribution < 1.29 is 4.39 Å². The maximum atomic E-state index is 13.5. The maximum Gasteiger partial charge on any atom is 0.158 e. The zero-order valence-electron chi connectivity index (χ0n) is 11.6. The van der Waals surface area contributed by atoms with Crippen molar-refractivity contribution in [3.63, 3.8) is 0 Å². The van der Waals surface area contributed by atoms with E-state index in [-0.39, 0.29) is 11.9 Å². The van der Waals surface area contributed by atoms with Gasteiger partial charge in [-0.2, -0.15) is 5.10 Å². The highest BCUT2D eigenvalue weighted by molar-refractivity contribution is 5.78. The molecule has 1 aliphatic rings. The second-order valence-electron chi connectivity index (χ2n) is 5.38. The summed E-state index contributed by atoms with van der Waals surface area (Å²) in [6, 6.07) is 6.94. The highest BCUT2D eigenvalue weighted by atomic mass is 19.1. The molecule has 3 N–H and O–H groups in total. The van der Waals surface area contributed by atoms with Crippen LogP contribution in [0.4, 0.5) is 10.2 Å². The first-order valence-corrected chi connectivity index (χ1v) is 6.96. The molecule has 2 aromatic rings. The lowest BCUT2D eigenvalue weighted by Gasteiger charge is -2.31. The van der Waals surface area contributed by atoms with Crippen LogP contribution in [0, 0.1) is 12.7 Å². The molecule has 0 unspecified atom stereocenters. The second-order valence-corrected chi connectivity index (χ2v) is 5.38. The van der Waals surface area contributed by atoms with Crippen LogP contribution in [0.3, 0.4) is 0 Å². The van der Waals surface area contributed by atoms with E-state index in [0.717, 1.165) is 48.6 Å². The van der Waals surface area contributed by atoms with Crippen LogP contribution in [0.1, 0.15) is 18.5 Å². The summed E-state index contributed by atoms with van der Waals surface area (Å²) in [5.41, 5.74) is 8.75. The van der Waals surface area contributed by atoms with E-state index in [9.17, 15) is 4.39 Å². The number of piperidine rings is 1. The van der Waals surface area contributed by atoms with E-state index in [2.05, 4.69) is 15.1 Å². The first-order valence-electron chi connectivity index (χ1n) is 6.96. The summed E-state index contributed by atoms with van der Waals surface area (Å²) in [5.74, 6) is 0.676. The Hall–Kier alpha value is -1.88. The maximum absolute atomic E-state index is 13.5. The molecule has 0 saturated carbocycles. The second kappa shape index (κ2) is 5.25. The molecule has 5 heteroatoms. The molecule has 2 heterocycles. The van der Waals surface area contributed by atoms with E-state index < -0.39 is 0 Å². The van der Waals surface area contributed by atoms with Crippen LogP contribution in [0.2, 0.25) is 0 Å². The van der Waals surface area contributed by atoms with Crippen molar-refractivity contribution in [3.8, 4) is 11.1 Å².